The van der Waals surface area contributed by atoms with Gasteiger partial charge in [0.1, 0.15) is 0 Å². The molecule has 1 N–H and O–H groups in total. The highest BCUT2D eigenvalue weighted by Crippen LogP contribution is 2.73. The van der Waals surface area contributed by atoms with Crippen LogP contribution in [0.1, 0.15) is 65.7 Å². The number of fused-ring (bicyclic) bond motifs is 7. The largest absolute Gasteiger partial charge is 0.393 e. The van der Waals surface area contributed by atoms with Crippen LogP contribution in [0.25, 0.3) is 0 Å². The van der Waals surface area contributed by atoms with Crippen molar-refractivity contribution in [2.45, 2.75) is 83.5 Å². The van der Waals surface area contributed by atoms with Crippen molar-refractivity contribution in [2.75, 3.05) is 0 Å². The zero-order chi connectivity index (χ0) is 16.9. The third-order valence-corrected chi connectivity index (χ3v) is 9.03. The highest BCUT2D eigenvalue weighted by molar-refractivity contribution is 5.90. The Bertz CT molecular complexity index is 639. The smallest absolute Gasteiger partial charge is 0.164 e. The molecule has 1 aliphatic heterocycles. The van der Waals surface area contributed by atoms with E-state index >= 15 is 0 Å². The van der Waals surface area contributed by atoms with Crippen LogP contribution in [0.4, 0.5) is 0 Å². The van der Waals surface area contributed by atoms with Gasteiger partial charge in [0.05, 0.1) is 12.2 Å². The van der Waals surface area contributed by atoms with E-state index in [1.165, 1.54) is 12.0 Å². The van der Waals surface area contributed by atoms with Gasteiger partial charge in [-0.25, -0.2) is 0 Å². The number of epoxide rings is 1. The number of hydrogen-bond acceptors (Lipinski definition) is 3. The molecular weight excluding hydrogens is 300 g/mol. The molecule has 24 heavy (non-hydrogen) atoms. The van der Waals surface area contributed by atoms with Crippen molar-refractivity contribution in [3.8, 4) is 0 Å². The average molecular weight is 330 g/mol. The molecular formula is C21H30O3. The van der Waals surface area contributed by atoms with Crippen LogP contribution in [0.15, 0.2) is 11.6 Å². The maximum absolute atomic E-state index is 12.4. The van der Waals surface area contributed by atoms with Gasteiger partial charge >= 0.3 is 0 Å². The van der Waals surface area contributed by atoms with Crippen LogP contribution in [-0.2, 0) is 9.53 Å². The highest BCUT2D eigenvalue weighted by atomic mass is 16.6. The van der Waals surface area contributed by atoms with Crippen LogP contribution in [0.3, 0.4) is 0 Å². The first kappa shape index (κ1) is 15.6. The lowest BCUT2D eigenvalue weighted by molar-refractivity contribution is -0.135. The van der Waals surface area contributed by atoms with Crippen LogP contribution in [-0.4, -0.2) is 28.7 Å². The third kappa shape index (κ3) is 1.60. The monoisotopic (exact) mass is 330 g/mol. The Morgan fingerprint density at radius 1 is 1.25 bits per heavy atom. The SMILES string of the molecule is CC(=O)[C@@]12O[C@@H]1C[C@H]1[C@H]3CC=C4C[C@@H](O)CC[C@]4(C)[C@@H]3CC[C@@]12C. The molecule has 0 unspecified atom stereocenters. The average Bonchev–Trinajstić information content (AvgIpc) is 3.21. The number of aliphatic hydroxyl groups excluding tert-OH is 1. The van der Waals surface area contributed by atoms with Crippen molar-refractivity contribution in [1.29, 1.82) is 0 Å². The summed E-state index contributed by atoms with van der Waals surface area (Å²) in [5, 5.41) is 10.1. The first-order valence-electron chi connectivity index (χ1n) is 9.89. The summed E-state index contributed by atoms with van der Waals surface area (Å²) in [5.41, 5.74) is 1.39. The maximum atomic E-state index is 12.4. The first-order valence-corrected chi connectivity index (χ1v) is 9.89. The summed E-state index contributed by atoms with van der Waals surface area (Å²) in [5.74, 6) is 2.31. The van der Waals surface area contributed by atoms with Gasteiger partial charge in [-0.2, -0.15) is 0 Å². The normalized spacial score (nSPS) is 58.0. The van der Waals surface area contributed by atoms with Gasteiger partial charge < -0.3 is 9.84 Å². The Hall–Kier alpha value is -0.670. The lowest BCUT2D eigenvalue weighted by atomic mass is 9.47. The molecule has 0 amide bonds. The van der Waals surface area contributed by atoms with Gasteiger partial charge in [-0.15, -0.1) is 0 Å². The Morgan fingerprint density at radius 2 is 2.04 bits per heavy atom. The minimum atomic E-state index is -0.448. The fourth-order valence-electron chi connectivity index (χ4n) is 7.71. The zero-order valence-corrected chi connectivity index (χ0v) is 15.2. The second kappa shape index (κ2) is 4.54. The quantitative estimate of drug-likeness (QED) is 0.590. The lowest BCUT2D eigenvalue weighted by Crippen LogP contribution is -2.54. The molecule has 0 aromatic heterocycles. The van der Waals surface area contributed by atoms with Crippen molar-refractivity contribution >= 4 is 5.78 Å². The molecule has 0 aromatic rings. The molecule has 4 aliphatic carbocycles. The molecule has 4 fully saturated rings. The molecule has 5 rings (SSSR count). The molecule has 0 spiro atoms. The Labute approximate surface area is 144 Å². The number of aliphatic hydroxyl groups is 1. The molecule has 0 bridgehead atoms. The van der Waals surface area contributed by atoms with Crippen molar-refractivity contribution in [3.05, 3.63) is 11.6 Å². The van der Waals surface area contributed by atoms with E-state index in [1.807, 2.05) is 0 Å². The summed E-state index contributed by atoms with van der Waals surface area (Å²) >= 11 is 0. The van der Waals surface area contributed by atoms with Gasteiger partial charge in [0.2, 0.25) is 0 Å². The van der Waals surface area contributed by atoms with Crippen molar-refractivity contribution in [3.63, 3.8) is 0 Å². The van der Waals surface area contributed by atoms with Crippen molar-refractivity contribution < 1.29 is 14.6 Å². The lowest BCUT2D eigenvalue weighted by Gasteiger charge is -2.58. The van der Waals surface area contributed by atoms with Crippen LogP contribution >= 0.6 is 0 Å². The number of hydrogen-bond donors (Lipinski definition) is 1. The molecule has 5 aliphatic rings. The summed E-state index contributed by atoms with van der Waals surface area (Å²) in [6.45, 7) is 6.54. The van der Waals surface area contributed by atoms with Gasteiger partial charge in [-0.05, 0) is 75.0 Å². The van der Waals surface area contributed by atoms with E-state index in [0.717, 1.165) is 44.4 Å². The summed E-state index contributed by atoms with van der Waals surface area (Å²) in [7, 11) is 0. The molecule has 0 aromatic carbocycles. The molecule has 8 atom stereocenters. The first-order chi connectivity index (χ1) is 11.3. The van der Waals surface area contributed by atoms with Crippen molar-refractivity contribution in [1.82, 2.24) is 0 Å². The molecule has 0 radical (unpaired) electrons. The van der Waals surface area contributed by atoms with Gasteiger partial charge in [0.15, 0.2) is 11.4 Å². The summed E-state index contributed by atoms with van der Waals surface area (Å²) in [6, 6.07) is 0. The fraction of sp³-hybridized carbons (Fsp3) is 0.857. The minimum Gasteiger partial charge on any atom is -0.393 e. The van der Waals surface area contributed by atoms with Crippen LogP contribution in [0.5, 0.6) is 0 Å². The number of carbonyl (C=O) groups is 1. The number of rotatable bonds is 1. The van der Waals surface area contributed by atoms with Crippen molar-refractivity contribution in [2.24, 2.45) is 28.6 Å². The van der Waals surface area contributed by atoms with E-state index in [9.17, 15) is 9.90 Å². The molecule has 1 saturated heterocycles. The van der Waals surface area contributed by atoms with E-state index in [-0.39, 0.29) is 28.8 Å². The van der Waals surface area contributed by atoms with Gasteiger partial charge in [-0.3, -0.25) is 4.79 Å². The van der Waals surface area contributed by atoms with Crippen LogP contribution in [0.2, 0.25) is 0 Å². The Kier molecular flexibility index (Phi) is 2.94. The van der Waals surface area contributed by atoms with E-state index in [1.54, 1.807) is 6.92 Å². The number of carbonyl (C=O) groups excluding carboxylic acids is 1. The number of ether oxygens (including phenoxy) is 1. The van der Waals surface area contributed by atoms with E-state index < -0.39 is 5.60 Å². The second-order valence-electron chi connectivity index (χ2n) is 9.75. The Balaban J connectivity index is 1.51. The second-order valence-corrected chi connectivity index (χ2v) is 9.75. The summed E-state index contributed by atoms with van der Waals surface area (Å²) in [4.78, 5) is 12.4. The highest BCUT2D eigenvalue weighted by Gasteiger charge is 2.79. The summed E-state index contributed by atoms with van der Waals surface area (Å²) < 4.78 is 6.00. The minimum absolute atomic E-state index is 0.0422. The molecule has 132 valence electrons. The van der Waals surface area contributed by atoms with E-state index in [2.05, 4.69) is 19.9 Å². The maximum Gasteiger partial charge on any atom is 0.164 e. The van der Waals surface area contributed by atoms with Gasteiger partial charge in [-0.1, -0.05) is 25.5 Å². The number of ketones is 1. The standard InChI is InChI=1S/C21H30O3/c1-12(22)21-18(24-21)11-17-15-5-4-13-10-14(23)6-8-19(13,2)16(15)7-9-20(17,21)3/h4,14-18,23H,5-11H2,1-3H3/t14-,15-,16+,17-,18+,19-,20-,21+/m0/s1. The molecule has 3 nitrogen and oxygen atoms in total. The zero-order valence-electron chi connectivity index (χ0n) is 15.2. The number of allylic oxidation sites excluding steroid dienone is 1. The molecule has 1 heterocycles. The van der Waals surface area contributed by atoms with Crippen LogP contribution < -0.4 is 0 Å². The van der Waals surface area contributed by atoms with Gasteiger partial charge in [0.25, 0.3) is 0 Å². The Morgan fingerprint density at radius 3 is 2.79 bits per heavy atom. The van der Waals surface area contributed by atoms with E-state index in [4.69, 9.17) is 4.74 Å². The van der Waals surface area contributed by atoms with E-state index in [0.29, 0.717) is 11.8 Å². The van der Waals surface area contributed by atoms with Crippen LogP contribution in [0, 0.1) is 28.6 Å². The number of Topliss-reactive ketones (excluding diaryl/α,β-unsaturated/α-hetero) is 1. The summed E-state index contributed by atoms with van der Waals surface area (Å²) in [6.07, 6.45) is 10.0. The fourth-order valence-corrected chi connectivity index (χ4v) is 7.71. The third-order valence-electron chi connectivity index (χ3n) is 9.03. The topological polar surface area (TPSA) is 49.8 Å². The predicted molar refractivity (Wildman–Crippen MR) is 91.4 cm³/mol. The predicted octanol–water partition coefficient (Wildman–Crippen LogP) is 3.65. The molecule has 3 heteroatoms. The molecule has 3 saturated carbocycles. The van der Waals surface area contributed by atoms with Gasteiger partial charge in [0, 0.05) is 5.41 Å².